The molecule has 0 amide bonds. The molecular weight excluding hydrogens is 350 g/mol. The number of carboxylic acid groups (broad SMARTS) is 1. The van der Waals surface area contributed by atoms with Crippen LogP contribution in [0.3, 0.4) is 0 Å². The highest BCUT2D eigenvalue weighted by molar-refractivity contribution is 5.89. The Morgan fingerprint density at radius 3 is 2.39 bits per heavy atom. The highest BCUT2D eigenvalue weighted by Crippen LogP contribution is 2.27. The van der Waals surface area contributed by atoms with Crippen molar-refractivity contribution in [3.05, 3.63) is 64.2 Å². The van der Waals surface area contributed by atoms with Gasteiger partial charge in [-0.3, -0.25) is 4.90 Å². The van der Waals surface area contributed by atoms with Gasteiger partial charge in [0.25, 0.3) is 0 Å². The predicted molar refractivity (Wildman–Crippen MR) is 111 cm³/mol. The van der Waals surface area contributed by atoms with Crippen molar-refractivity contribution in [3.63, 3.8) is 0 Å². The fraction of sp³-hybridized carbons (Fsp3) is 0.391. The number of benzene rings is 2. The van der Waals surface area contributed by atoms with E-state index in [0.717, 1.165) is 42.0 Å². The Morgan fingerprint density at radius 1 is 1.14 bits per heavy atom. The molecule has 2 aromatic carbocycles. The van der Waals surface area contributed by atoms with E-state index in [1.165, 1.54) is 0 Å². The Labute approximate surface area is 166 Å². The van der Waals surface area contributed by atoms with Gasteiger partial charge in [0.05, 0.1) is 16.8 Å². The minimum absolute atomic E-state index is 0.282. The van der Waals surface area contributed by atoms with E-state index in [-0.39, 0.29) is 12.1 Å². The molecule has 3 rings (SSSR count). The van der Waals surface area contributed by atoms with Crippen molar-refractivity contribution in [1.82, 2.24) is 4.90 Å². The summed E-state index contributed by atoms with van der Waals surface area (Å²) in [6.07, 6.45) is 0. The number of carboxylic acids is 1. The molecule has 0 bridgehead atoms. The van der Waals surface area contributed by atoms with Crippen LogP contribution in [0.15, 0.2) is 36.4 Å². The summed E-state index contributed by atoms with van der Waals surface area (Å²) in [6, 6.07) is 14.4. The smallest absolute Gasteiger partial charge is 0.335 e. The maximum absolute atomic E-state index is 11.5. The van der Waals surface area contributed by atoms with E-state index in [2.05, 4.69) is 29.7 Å². The molecule has 1 aliphatic rings. The lowest BCUT2D eigenvalue weighted by Crippen LogP contribution is -2.56. The molecule has 1 aliphatic heterocycles. The van der Waals surface area contributed by atoms with Crippen molar-refractivity contribution in [1.29, 1.82) is 5.26 Å². The first kappa shape index (κ1) is 19.9. The van der Waals surface area contributed by atoms with Gasteiger partial charge in [-0.05, 0) is 62.6 Å². The number of hydrogen-bond acceptors (Lipinski definition) is 4. The molecule has 0 saturated carbocycles. The molecule has 1 fully saturated rings. The van der Waals surface area contributed by atoms with Gasteiger partial charge in [-0.2, -0.15) is 5.26 Å². The molecule has 0 radical (unpaired) electrons. The highest BCUT2D eigenvalue weighted by Gasteiger charge is 2.30. The number of rotatable bonds is 4. The van der Waals surface area contributed by atoms with E-state index in [1.54, 1.807) is 0 Å². The van der Waals surface area contributed by atoms with Crippen LogP contribution >= 0.6 is 0 Å². The van der Waals surface area contributed by atoms with Gasteiger partial charge in [0.2, 0.25) is 0 Å². The Balaban J connectivity index is 1.82. The van der Waals surface area contributed by atoms with Gasteiger partial charge in [-0.15, -0.1) is 0 Å². The van der Waals surface area contributed by atoms with Gasteiger partial charge in [0.15, 0.2) is 0 Å². The number of nitrogens with zero attached hydrogens (tertiary/aromatic N) is 3. The van der Waals surface area contributed by atoms with Crippen molar-refractivity contribution < 1.29 is 9.90 Å². The van der Waals surface area contributed by atoms with Gasteiger partial charge in [-0.1, -0.05) is 18.2 Å². The third kappa shape index (κ3) is 3.88. The fourth-order valence-electron chi connectivity index (χ4n) is 4.20. The van der Waals surface area contributed by atoms with Crippen LogP contribution in [0.1, 0.15) is 46.5 Å². The molecule has 0 aromatic heterocycles. The number of hydrogen-bond donors (Lipinski definition) is 1. The van der Waals surface area contributed by atoms with Crippen LogP contribution in [0.5, 0.6) is 0 Å². The Bertz CT molecular complexity index is 920. The maximum atomic E-state index is 11.5. The summed E-state index contributed by atoms with van der Waals surface area (Å²) in [5.41, 5.74) is 5.06. The zero-order valence-electron chi connectivity index (χ0n) is 16.9. The van der Waals surface area contributed by atoms with Crippen molar-refractivity contribution in [2.45, 2.75) is 46.3 Å². The molecule has 2 aromatic rings. The van der Waals surface area contributed by atoms with E-state index in [9.17, 15) is 15.2 Å². The van der Waals surface area contributed by atoms with E-state index in [1.807, 2.05) is 50.2 Å². The molecule has 1 N–H and O–H groups in total. The van der Waals surface area contributed by atoms with E-state index in [0.29, 0.717) is 11.1 Å². The van der Waals surface area contributed by atoms with Gasteiger partial charge in [0.1, 0.15) is 6.07 Å². The summed E-state index contributed by atoms with van der Waals surface area (Å²) in [4.78, 5) is 16.2. The molecule has 2 atom stereocenters. The normalized spacial score (nSPS) is 20.0. The van der Waals surface area contributed by atoms with Crippen LogP contribution in [0, 0.1) is 25.2 Å². The monoisotopic (exact) mass is 377 g/mol. The van der Waals surface area contributed by atoms with Crippen LogP contribution in [-0.2, 0) is 6.54 Å². The fourth-order valence-corrected chi connectivity index (χ4v) is 4.20. The van der Waals surface area contributed by atoms with E-state index in [4.69, 9.17) is 0 Å². The van der Waals surface area contributed by atoms with E-state index < -0.39 is 5.97 Å². The molecule has 5 nitrogen and oxygen atoms in total. The average Bonchev–Trinajstić information content (AvgIpc) is 2.65. The Morgan fingerprint density at radius 2 is 1.79 bits per heavy atom. The number of anilines is 1. The van der Waals surface area contributed by atoms with Crippen molar-refractivity contribution in [2.75, 3.05) is 18.0 Å². The second-order valence-electron chi connectivity index (χ2n) is 7.80. The molecule has 1 saturated heterocycles. The van der Waals surface area contributed by atoms with Gasteiger partial charge >= 0.3 is 5.97 Å². The average molecular weight is 377 g/mol. The molecule has 28 heavy (non-hydrogen) atoms. The second-order valence-corrected chi connectivity index (χ2v) is 7.80. The third-order valence-electron chi connectivity index (χ3n) is 5.73. The number of aryl methyl sites for hydroxylation is 2. The van der Waals surface area contributed by atoms with Gasteiger partial charge in [0, 0.05) is 31.7 Å². The van der Waals surface area contributed by atoms with Crippen LogP contribution in [0.4, 0.5) is 5.69 Å². The first-order valence-corrected chi connectivity index (χ1v) is 9.65. The first-order valence-electron chi connectivity index (χ1n) is 9.65. The summed E-state index contributed by atoms with van der Waals surface area (Å²) >= 11 is 0. The number of nitriles is 1. The van der Waals surface area contributed by atoms with Gasteiger partial charge in [-0.25, -0.2) is 4.79 Å². The molecule has 5 heteroatoms. The predicted octanol–water partition coefficient (Wildman–Crippen LogP) is 3.97. The van der Waals surface area contributed by atoms with Crippen molar-refractivity contribution in [3.8, 4) is 6.07 Å². The molecule has 0 spiro atoms. The largest absolute Gasteiger partial charge is 0.478 e. The van der Waals surface area contributed by atoms with Crippen LogP contribution in [0.25, 0.3) is 0 Å². The summed E-state index contributed by atoms with van der Waals surface area (Å²) in [6.45, 7) is 10.7. The maximum Gasteiger partial charge on any atom is 0.335 e. The lowest BCUT2D eigenvalue weighted by Gasteiger charge is -2.45. The molecule has 1 heterocycles. The molecule has 0 unspecified atom stereocenters. The van der Waals surface area contributed by atoms with Crippen molar-refractivity contribution >= 4 is 11.7 Å². The Hall–Kier alpha value is -2.84. The summed E-state index contributed by atoms with van der Waals surface area (Å²) in [5, 5.41) is 18.9. The van der Waals surface area contributed by atoms with Crippen LogP contribution in [0.2, 0.25) is 0 Å². The SMILES string of the molecule is Cc1cc(C)c(C(=O)O)cc1CN1[C@H](C)CN(c2ccccc2C#N)C[C@@H]1C. The molecule has 0 aliphatic carbocycles. The van der Waals surface area contributed by atoms with Gasteiger partial charge < -0.3 is 10.0 Å². The number of piperazine rings is 1. The zero-order chi connectivity index (χ0) is 20.4. The topological polar surface area (TPSA) is 67.6 Å². The third-order valence-corrected chi connectivity index (χ3v) is 5.73. The zero-order valence-corrected chi connectivity index (χ0v) is 16.9. The lowest BCUT2D eigenvalue weighted by molar-refractivity contribution is 0.0695. The standard InChI is InChI=1S/C23H27N3O2/c1-15-9-16(2)21(23(27)28)10-20(15)14-26-17(3)12-25(13-18(26)4)22-8-6-5-7-19(22)11-24/h5-10,17-18H,12-14H2,1-4H3,(H,27,28)/t17-,18+. The number of para-hydroxylation sites is 1. The minimum atomic E-state index is -0.877. The minimum Gasteiger partial charge on any atom is -0.478 e. The van der Waals surface area contributed by atoms with Crippen LogP contribution in [-0.4, -0.2) is 41.1 Å². The molecule has 146 valence electrons. The quantitative estimate of drug-likeness (QED) is 0.873. The lowest BCUT2D eigenvalue weighted by atomic mass is 9.97. The summed E-state index contributed by atoms with van der Waals surface area (Å²) in [7, 11) is 0. The second kappa shape index (κ2) is 8.04. The summed E-state index contributed by atoms with van der Waals surface area (Å²) < 4.78 is 0. The first-order chi connectivity index (χ1) is 13.3. The summed E-state index contributed by atoms with van der Waals surface area (Å²) in [5.74, 6) is -0.877. The Kier molecular flexibility index (Phi) is 5.71. The van der Waals surface area contributed by atoms with Crippen LogP contribution < -0.4 is 4.90 Å². The van der Waals surface area contributed by atoms with Crippen molar-refractivity contribution in [2.24, 2.45) is 0 Å². The number of aromatic carboxylic acids is 1. The number of carbonyl (C=O) groups is 1. The highest BCUT2D eigenvalue weighted by atomic mass is 16.4. The van der Waals surface area contributed by atoms with E-state index >= 15 is 0 Å². The molecular formula is C23H27N3O2.